The Labute approximate surface area is 208 Å². The van der Waals surface area contributed by atoms with Gasteiger partial charge in [-0.2, -0.15) is 0 Å². The fourth-order valence-electron chi connectivity index (χ4n) is 4.30. The highest BCUT2D eigenvalue weighted by Gasteiger charge is 2.32. The van der Waals surface area contributed by atoms with Crippen LogP contribution >= 0.6 is 23.2 Å². The van der Waals surface area contributed by atoms with Crippen LogP contribution in [-0.4, -0.2) is 34.0 Å². The van der Waals surface area contributed by atoms with E-state index in [1.807, 2.05) is 24.3 Å². The van der Waals surface area contributed by atoms with Crippen LogP contribution in [0.5, 0.6) is 5.75 Å². The van der Waals surface area contributed by atoms with Crippen molar-refractivity contribution in [2.75, 3.05) is 6.54 Å². The highest BCUT2D eigenvalue weighted by atomic mass is 35.5. The maximum atomic E-state index is 13.2. The predicted octanol–water partition coefficient (Wildman–Crippen LogP) is 6.05. The van der Waals surface area contributed by atoms with E-state index >= 15 is 0 Å². The second-order valence-corrected chi connectivity index (χ2v) is 9.67. The van der Waals surface area contributed by atoms with Gasteiger partial charge >= 0.3 is 5.97 Å². The van der Waals surface area contributed by atoms with Crippen molar-refractivity contribution in [1.29, 1.82) is 0 Å². The SMILES string of the molecule is CC1(Cc2cccc(Cl)c2)CCc2cc(C(=O)N(CC(=O)O)Cc3ccccc3Cl)ccc2O1. The summed E-state index contributed by atoms with van der Waals surface area (Å²) < 4.78 is 6.35. The van der Waals surface area contributed by atoms with Gasteiger partial charge in [0.25, 0.3) is 5.91 Å². The average molecular weight is 498 g/mol. The van der Waals surface area contributed by atoms with Crippen LogP contribution in [0.3, 0.4) is 0 Å². The summed E-state index contributed by atoms with van der Waals surface area (Å²) in [6.45, 7) is 1.76. The summed E-state index contributed by atoms with van der Waals surface area (Å²) >= 11 is 12.4. The van der Waals surface area contributed by atoms with Crippen molar-refractivity contribution < 1.29 is 19.4 Å². The number of benzene rings is 3. The number of nitrogens with zero attached hydrogens (tertiary/aromatic N) is 1. The van der Waals surface area contributed by atoms with E-state index in [1.165, 1.54) is 4.90 Å². The van der Waals surface area contributed by atoms with Gasteiger partial charge in [-0.3, -0.25) is 9.59 Å². The Hall–Kier alpha value is -3.02. The Balaban J connectivity index is 1.53. The second kappa shape index (κ2) is 10.1. The number of amides is 1. The molecular weight excluding hydrogens is 473 g/mol. The van der Waals surface area contributed by atoms with Crippen LogP contribution in [0.15, 0.2) is 66.7 Å². The first-order valence-electron chi connectivity index (χ1n) is 11.0. The number of ether oxygens (including phenoxy) is 1. The normalized spacial score (nSPS) is 16.9. The molecule has 1 atom stereocenters. The molecule has 0 fully saturated rings. The Kier molecular flexibility index (Phi) is 7.15. The summed E-state index contributed by atoms with van der Waals surface area (Å²) in [6, 6.07) is 20.2. The molecule has 0 bridgehead atoms. The molecule has 176 valence electrons. The lowest BCUT2D eigenvalue weighted by molar-refractivity contribution is -0.137. The van der Waals surface area contributed by atoms with Gasteiger partial charge in [-0.25, -0.2) is 0 Å². The van der Waals surface area contributed by atoms with E-state index in [9.17, 15) is 14.7 Å². The van der Waals surface area contributed by atoms with Gasteiger partial charge in [0.15, 0.2) is 0 Å². The number of carbonyl (C=O) groups excluding carboxylic acids is 1. The molecule has 3 aromatic carbocycles. The smallest absolute Gasteiger partial charge is 0.323 e. The Morgan fingerprint density at radius 1 is 1.06 bits per heavy atom. The lowest BCUT2D eigenvalue weighted by Crippen LogP contribution is -2.39. The van der Waals surface area contributed by atoms with Gasteiger partial charge in [0, 0.05) is 28.6 Å². The van der Waals surface area contributed by atoms with Gasteiger partial charge in [0.2, 0.25) is 0 Å². The third kappa shape index (κ3) is 5.72. The van der Waals surface area contributed by atoms with Crippen LogP contribution in [0, 0.1) is 0 Å². The summed E-state index contributed by atoms with van der Waals surface area (Å²) in [5.41, 5.74) is 2.77. The molecule has 7 heteroatoms. The van der Waals surface area contributed by atoms with E-state index in [0.717, 1.165) is 36.1 Å². The number of carbonyl (C=O) groups is 2. The Morgan fingerprint density at radius 3 is 2.59 bits per heavy atom. The molecule has 0 aliphatic carbocycles. The van der Waals surface area contributed by atoms with Crippen LogP contribution in [0.4, 0.5) is 0 Å². The summed E-state index contributed by atoms with van der Waals surface area (Å²) in [5.74, 6) is -0.709. The van der Waals surface area contributed by atoms with Crippen LogP contribution in [0.1, 0.15) is 40.4 Å². The van der Waals surface area contributed by atoms with E-state index in [1.54, 1.807) is 42.5 Å². The molecule has 3 aromatic rings. The Morgan fingerprint density at radius 2 is 1.85 bits per heavy atom. The first kappa shape index (κ1) is 24.1. The number of aryl methyl sites for hydroxylation is 1. The third-order valence-corrected chi connectivity index (χ3v) is 6.59. The van der Waals surface area contributed by atoms with Crippen molar-refractivity contribution in [3.8, 4) is 5.75 Å². The second-order valence-electron chi connectivity index (χ2n) is 8.83. The fourth-order valence-corrected chi connectivity index (χ4v) is 4.71. The molecule has 0 spiro atoms. The number of carboxylic acid groups (broad SMARTS) is 1. The minimum absolute atomic E-state index is 0.107. The molecule has 1 amide bonds. The van der Waals surface area contributed by atoms with Gasteiger partial charge in [0.05, 0.1) is 0 Å². The zero-order chi connectivity index (χ0) is 24.3. The number of hydrogen-bond acceptors (Lipinski definition) is 3. The van der Waals surface area contributed by atoms with Crippen LogP contribution in [0.2, 0.25) is 10.0 Å². The van der Waals surface area contributed by atoms with Crippen molar-refractivity contribution in [1.82, 2.24) is 4.90 Å². The van der Waals surface area contributed by atoms with Gasteiger partial charge < -0.3 is 14.7 Å². The number of halogens is 2. The summed E-state index contributed by atoms with van der Waals surface area (Å²) in [4.78, 5) is 26.0. The molecule has 0 saturated carbocycles. The summed E-state index contributed by atoms with van der Waals surface area (Å²) in [5, 5.41) is 10.5. The zero-order valence-electron chi connectivity index (χ0n) is 18.8. The minimum atomic E-state index is -1.08. The third-order valence-electron chi connectivity index (χ3n) is 5.99. The Bertz CT molecular complexity index is 1230. The largest absolute Gasteiger partial charge is 0.487 e. The van der Waals surface area contributed by atoms with E-state index in [2.05, 4.69) is 6.92 Å². The van der Waals surface area contributed by atoms with Gasteiger partial charge in [0.1, 0.15) is 17.9 Å². The van der Waals surface area contributed by atoms with Crippen LogP contribution in [0.25, 0.3) is 0 Å². The van der Waals surface area contributed by atoms with Crippen LogP contribution in [-0.2, 0) is 24.2 Å². The monoisotopic (exact) mass is 497 g/mol. The van der Waals surface area contributed by atoms with Gasteiger partial charge in [-0.15, -0.1) is 0 Å². The molecule has 5 nitrogen and oxygen atoms in total. The lowest BCUT2D eigenvalue weighted by Gasteiger charge is -2.36. The molecule has 1 heterocycles. The van der Waals surface area contributed by atoms with Gasteiger partial charge in [-0.1, -0.05) is 53.5 Å². The topological polar surface area (TPSA) is 66.8 Å². The molecule has 1 aliphatic heterocycles. The van der Waals surface area contributed by atoms with E-state index in [-0.39, 0.29) is 18.1 Å². The van der Waals surface area contributed by atoms with Gasteiger partial charge in [-0.05, 0) is 72.9 Å². The number of carboxylic acids is 1. The molecular formula is C27H25Cl2NO4. The molecule has 1 unspecified atom stereocenters. The molecule has 34 heavy (non-hydrogen) atoms. The highest BCUT2D eigenvalue weighted by molar-refractivity contribution is 6.31. The average Bonchev–Trinajstić information content (AvgIpc) is 2.79. The van der Waals surface area contributed by atoms with E-state index in [0.29, 0.717) is 21.2 Å². The minimum Gasteiger partial charge on any atom is -0.487 e. The lowest BCUT2D eigenvalue weighted by atomic mass is 9.87. The first-order chi connectivity index (χ1) is 16.2. The predicted molar refractivity (Wildman–Crippen MR) is 133 cm³/mol. The number of hydrogen-bond donors (Lipinski definition) is 1. The zero-order valence-corrected chi connectivity index (χ0v) is 20.3. The van der Waals surface area contributed by atoms with Crippen molar-refractivity contribution in [2.45, 2.75) is 38.3 Å². The molecule has 0 aromatic heterocycles. The maximum absolute atomic E-state index is 13.2. The number of aliphatic carboxylic acids is 1. The molecule has 0 saturated heterocycles. The molecule has 1 aliphatic rings. The highest BCUT2D eigenvalue weighted by Crippen LogP contribution is 2.36. The summed E-state index contributed by atoms with van der Waals surface area (Å²) in [6.07, 6.45) is 2.25. The standard InChI is InChI=1S/C27H25Cl2NO4/c1-27(15-18-5-4-7-22(28)13-18)12-11-19-14-20(9-10-24(19)34-27)26(33)30(17-25(31)32)16-21-6-2-3-8-23(21)29/h2-10,13-14H,11-12,15-17H2,1H3,(H,31,32). The summed E-state index contributed by atoms with van der Waals surface area (Å²) in [7, 11) is 0. The van der Waals surface area contributed by atoms with E-state index in [4.69, 9.17) is 27.9 Å². The van der Waals surface area contributed by atoms with Crippen molar-refractivity contribution in [3.05, 3.63) is 99.0 Å². The quantitative estimate of drug-likeness (QED) is 0.431. The number of rotatable bonds is 7. The van der Waals surface area contributed by atoms with Crippen molar-refractivity contribution in [2.24, 2.45) is 0 Å². The van der Waals surface area contributed by atoms with Crippen molar-refractivity contribution in [3.63, 3.8) is 0 Å². The first-order valence-corrected chi connectivity index (χ1v) is 11.8. The molecule has 1 N–H and O–H groups in total. The molecule has 4 rings (SSSR count). The fraction of sp³-hybridized carbons (Fsp3) is 0.259. The van der Waals surface area contributed by atoms with Crippen LogP contribution < -0.4 is 4.74 Å². The molecule has 0 radical (unpaired) electrons. The van der Waals surface area contributed by atoms with Crippen molar-refractivity contribution >= 4 is 35.1 Å². The maximum Gasteiger partial charge on any atom is 0.323 e. The number of fused-ring (bicyclic) bond motifs is 1. The van der Waals surface area contributed by atoms with E-state index < -0.39 is 12.5 Å².